The van der Waals surface area contributed by atoms with Gasteiger partial charge >= 0.3 is 11.9 Å². The Balaban J connectivity index is 0.602. The fourth-order valence-electron chi connectivity index (χ4n) is 18.6. The van der Waals surface area contributed by atoms with Gasteiger partial charge in [-0.2, -0.15) is 34.8 Å². The van der Waals surface area contributed by atoms with Gasteiger partial charge in [-0.1, -0.05) is 97.9 Å². The Morgan fingerprint density at radius 2 is 1.38 bits per heavy atom. The molecule has 5 aliphatic rings. The molecular weight excluding hydrogens is 1950 g/mol. The topological polar surface area (TPSA) is 585 Å². The molecule has 7 amide bonds. The van der Waals surface area contributed by atoms with Crippen LogP contribution in [0.4, 0.5) is 28.7 Å². The Hall–Kier alpha value is -14.3. The minimum absolute atomic E-state index is 0.0245. The number of para-hydroxylation sites is 2. The average molecular weight is 2060 g/mol. The van der Waals surface area contributed by atoms with Crippen molar-refractivity contribution in [2.24, 2.45) is 13.0 Å². The molecule has 0 spiro atoms. The fraction of sp³-hybridized carbons (Fsp3) is 0.376. The van der Waals surface area contributed by atoms with Gasteiger partial charge in [-0.25, -0.2) is 24.2 Å². The molecule has 13 N–H and O–H groups in total. The van der Waals surface area contributed by atoms with Crippen LogP contribution in [0.3, 0.4) is 0 Å². The second-order valence-electron chi connectivity index (χ2n) is 37.1. The van der Waals surface area contributed by atoms with E-state index in [2.05, 4.69) is 81.6 Å². The third-order valence-corrected chi connectivity index (χ3v) is 29.9. The summed E-state index contributed by atoms with van der Waals surface area (Å²) in [6.07, 6.45) is 10.0. The van der Waals surface area contributed by atoms with Crippen molar-refractivity contribution in [2.75, 3.05) is 70.8 Å². The third kappa shape index (κ3) is 26.6. The molecule has 1 fully saturated rings. The monoisotopic (exact) mass is 2060 g/mol. The highest BCUT2D eigenvalue weighted by molar-refractivity contribution is 8.00. The Kier molecular flexibility index (Phi) is 33.9. The van der Waals surface area contributed by atoms with Crippen molar-refractivity contribution in [3.8, 4) is 28.3 Å². The molecule has 44 heteroatoms. The molecule has 0 saturated carbocycles. The Bertz CT molecular complexity index is 7140. The molecule has 3 aromatic heterocycles. The molecule has 0 radical (unpaired) electrons. The normalized spacial score (nSPS) is 16.6. The van der Waals surface area contributed by atoms with E-state index < -0.39 is 160 Å². The van der Waals surface area contributed by atoms with Crippen molar-refractivity contribution in [3.63, 3.8) is 0 Å². The number of nitrogen functional groups attached to an aromatic ring is 1. The number of carbonyl (C=O) groups is 10. The molecule has 7 heterocycles. The fourth-order valence-corrected chi connectivity index (χ4v) is 21.4. The molecule has 2 unspecified atom stereocenters. The van der Waals surface area contributed by atoms with Crippen LogP contribution in [0.5, 0.6) is 5.75 Å². The molecule has 764 valence electrons. The molecule has 6 aromatic carbocycles. The Morgan fingerprint density at radius 1 is 0.690 bits per heavy atom. The molecular formula is C101H114N17O23S4+. The minimum Gasteiger partial charge on any atom is -0.480 e. The Morgan fingerprint density at radius 3 is 2.10 bits per heavy atom. The molecule has 4 atom stereocenters. The predicted octanol–water partition coefficient (Wildman–Crippen LogP) is 9.95. The summed E-state index contributed by atoms with van der Waals surface area (Å²) in [5.74, 6) is -9.72. The summed E-state index contributed by atoms with van der Waals surface area (Å²) < 4.78 is 112. The molecule has 40 nitrogen and oxygen atoms in total. The molecule has 14 rings (SSSR count). The first-order valence-corrected chi connectivity index (χ1v) is 53.1. The van der Waals surface area contributed by atoms with Gasteiger partial charge in [0, 0.05) is 147 Å². The second kappa shape index (κ2) is 46.2. The van der Waals surface area contributed by atoms with Crippen molar-refractivity contribution in [1.29, 1.82) is 0 Å². The number of aromatic nitrogens is 7. The third-order valence-electron chi connectivity index (χ3n) is 26.2. The Labute approximate surface area is 840 Å². The number of carboxylic acid groups (broad SMARTS) is 2. The highest BCUT2D eigenvalue weighted by Gasteiger charge is 2.47. The first-order chi connectivity index (χ1) is 69.0. The number of benzene rings is 6. The highest BCUT2D eigenvalue weighted by atomic mass is 32.2. The first kappa shape index (κ1) is 106. The molecule has 1 saturated heterocycles. The van der Waals surface area contributed by atoms with Crippen molar-refractivity contribution >= 4 is 147 Å². The number of H-pyrrole nitrogens is 1. The molecule has 145 heavy (non-hydrogen) atoms. The van der Waals surface area contributed by atoms with E-state index in [1.54, 1.807) is 59.1 Å². The summed E-state index contributed by atoms with van der Waals surface area (Å²) in [6.45, 7) is 8.54. The molecule has 1 aliphatic carbocycles. The number of nitrogens with zero attached hydrogens (tertiary/aromatic N) is 10. The lowest BCUT2D eigenvalue weighted by atomic mass is 9.81. The zero-order chi connectivity index (χ0) is 104. The maximum atomic E-state index is 14.5. The smallest absolute Gasteiger partial charge is 0.327 e. The highest BCUT2D eigenvalue weighted by Crippen LogP contribution is 2.49. The number of thioether (sulfide) groups is 1. The van der Waals surface area contributed by atoms with Crippen LogP contribution in [0.15, 0.2) is 202 Å². The maximum Gasteiger partial charge on any atom is 0.327 e. The van der Waals surface area contributed by atoms with Gasteiger partial charge in [0.2, 0.25) is 47.1 Å². The van der Waals surface area contributed by atoms with Gasteiger partial charge in [0.05, 0.1) is 63.4 Å². The van der Waals surface area contributed by atoms with Crippen molar-refractivity contribution < 1.29 is 106 Å². The number of carbonyl (C=O) groups excluding carboxylic acids is 8. The standard InChI is InChI=1S/C101H113N17O23S4/c1-100(2)74-24-9-11-26-79(74)115(49-12-14-52-143(132,133)134)82(100)42-32-62-19-16-20-63(33-43-83-101(3,4)75-55-71(145(138,139)140)39-41-80(75)116(83)50-13-15-53-144(135,136)137)91(62)141-70-37-27-61(28-38-70)29-44-84(120)104-48-51-117-87(123)56-81(96(117)127)142-60-77(98(130)131)109-94(125)65(21-17-47-103-85(121)45-46-86(122)118-59-66-18-6-7-22-72(66)88-90(114(5)113-112-88)73-23-8-10-25-78(73)118)54-69(119)36-40-76(97(128)129)108-93(124)64-30-34-67(35-31-64)105-57-68-58-106-92-89(107-68)95(126)111-99(102)110-92/h6-11,18,22-28,30-35,37-39,41-43,55,58,65,76-77,81H,12-17,19-21,29,36,40,44-54,56-57,59-60H2,1-5H3,(H12-,102,103,104,105,106,108,109,110,111,120,121,124,125,126,128,129,130,131,132,133,134,135,136,137,138,139,140)/p+1/t65?,76-,77-,81?/m0/s1. The average Bonchev–Trinajstić information content (AvgIpc) is 1.59. The molecule has 9 aromatic rings. The number of carboxylic acids is 2. The first-order valence-electron chi connectivity index (χ1n) is 47.4. The largest absolute Gasteiger partial charge is 0.480 e. The predicted molar refractivity (Wildman–Crippen MR) is 541 cm³/mol. The lowest BCUT2D eigenvalue weighted by Gasteiger charge is -2.28. The summed E-state index contributed by atoms with van der Waals surface area (Å²) in [7, 11) is -11.3. The number of rotatable bonds is 46. The molecule has 4 aliphatic heterocycles. The number of unbranched alkanes of at least 4 members (excludes halogenated alkanes) is 2. The van der Waals surface area contributed by atoms with Crippen LogP contribution in [0.25, 0.3) is 33.7 Å². The van der Waals surface area contributed by atoms with E-state index in [9.17, 15) is 102 Å². The minimum atomic E-state index is -4.63. The van der Waals surface area contributed by atoms with Gasteiger partial charge in [-0.3, -0.25) is 66.7 Å². The molecule has 0 bridgehead atoms. The number of nitrogens with two attached hydrogens (primary N) is 1. The van der Waals surface area contributed by atoms with Gasteiger partial charge in [0.25, 0.3) is 41.8 Å². The van der Waals surface area contributed by atoms with Crippen LogP contribution in [0.2, 0.25) is 0 Å². The zero-order valence-electron chi connectivity index (χ0n) is 80.3. The van der Waals surface area contributed by atoms with E-state index in [1.807, 2.05) is 97.3 Å². The van der Waals surface area contributed by atoms with Crippen LogP contribution in [-0.4, -0.2) is 226 Å². The number of nitrogens with one attached hydrogen (secondary N) is 6. The number of ketones is 1. The number of fused-ring (bicyclic) bond motifs is 8. The number of aryl methyl sites for hydroxylation is 2. The summed E-state index contributed by atoms with van der Waals surface area (Å²) in [5.41, 5.74) is 16.0. The van der Waals surface area contributed by atoms with Gasteiger partial charge in [-0.15, -0.1) is 16.9 Å². The van der Waals surface area contributed by atoms with Crippen LogP contribution in [-0.2, 0) is 111 Å². The summed E-state index contributed by atoms with van der Waals surface area (Å²) in [6, 6.07) is 36.8. The van der Waals surface area contributed by atoms with Gasteiger partial charge in [0.15, 0.2) is 16.9 Å². The number of likely N-dealkylation sites (tertiary alicyclic amines) is 1. The number of aromatic amines is 1. The summed E-state index contributed by atoms with van der Waals surface area (Å²) >= 11 is 0.795. The lowest BCUT2D eigenvalue weighted by Crippen LogP contribution is -2.46. The van der Waals surface area contributed by atoms with E-state index in [0.29, 0.717) is 101 Å². The van der Waals surface area contributed by atoms with Crippen molar-refractivity contribution in [3.05, 3.63) is 236 Å². The number of amides is 7. The number of hydrogen-bond donors (Lipinski definition) is 12. The van der Waals surface area contributed by atoms with Crippen molar-refractivity contribution in [2.45, 2.75) is 183 Å². The number of anilines is 4. The van der Waals surface area contributed by atoms with Crippen LogP contribution < -0.4 is 52.4 Å². The zero-order valence-corrected chi connectivity index (χ0v) is 83.6. The van der Waals surface area contributed by atoms with E-state index in [1.165, 1.54) is 42.6 Å². The number of ether oxygens (including phenoxy) is 1. The number of aliphatic carboxylic acids is 2. The van der Waals surface area contributed by atoms with Gasteiger partial charge in [-0.05, 0) is 179 Å². The van der Waals surface area contributed by atoms with E-state index in [-0.39, 0.29) is 131 Å². The number of imide groups is 1. The maximum absolute atomic E-state index is 14.5. The van der Waals surface area contributed by atoms with Crippen LogP contribution in [0.1, 0.15) is 169 Å². The second-order valence-corrected chi connectivity index (χ2v) is 42.9. The number of Topliss-reactive ketones (excluding diaryl/α,β-unsaturated/α-hetero) is 1. The van der Waals surface area contributed by atoms with E-state index in [4.69, 9.17) is 10.5 Å². The summed E-state index contributed by atoms with van der Waals surface area (Å²) in [5, 5.41) is 42.1. The number of hydrogen-bond acceptors (Lipinski definition) is 27. The van der Waals surface area contributed by atoms with E-state index >= 15 is 0 Å². The lowest BCUT2D eigenvalue weighted by molar-refractivity contribution is -0.438. The van der Waals surface area contributed by atoms with Gasteiger partial charge < -0.3 is 57.1 Å². The number of allylic oxidation sites excluding steroid dienone is 7. The van der Waals surface area contributed by atoms with Crippen LogP contribution >= 0.6 is 11.8 Å². The van der Waals surface area contributed by atoms with E-state index in [0.717, 1.165) is 61.4 Å². The van der Waals surface area contributed by atoms with Gasteiger partial charge in [0.1, 0.15) is 41.6 Å². The SMILES string of the molecule is Cn1nnc2c1-c1ccccc1N(C(=O)CCC(=O)NCCCC(CC(=O)CC[C@H](NC(=O)c1ccc(NCc3cnc4nc(N)[nH]c(=O)c4n3)cc1)C(=O)O)C(=O)N[C@@H](CSC1CC(=O)N(CCNC(=O)CCc3ccc(OC4=C(/C=C/C5=[N+](CCCCS(=O)(=O)O)c6ccc(S(=O)(=O)O)cc6C5(C)C)CCC/C4=C\C=C4\N(CCCCS(=O)(=O)O)c5ccccc5C4(C)C)cc3)C1=O)C(=O)O)Cc1ccccc1-2. The van der Waals surface area contributed by atoms with Crippen LogP contribution in [0, 0.1) is 5.92 Å². The van der Waals surface area contributed by atoms with Crippen molar-refractivity contribution in [1.82, 2.24) is 61.1 Å². The summed E-state index contributed by atoms with van der Waals surface area (Å²) in [4.78, 5) is 168. The quantitative estimate of drug-likeness (QED) is 0.00730.